The number of aromatic carboxylic acids is 1. The largest absolute Gasteiger partial charge is 0.478 e. The lowest BCUT2D eigenvalue weighted by Crippen LogP contribution is -1.99. The molecule has 0 bridgehead atoms. The van der Waals surface area contributed by atoms with Crippen LogP contribution in [-0.4, -0.2) is 11.1 Å². The molecule has 19 heavy (non-hydrogen) atoms. The van der Waals surface area contributed by atoms with E-state index in [2.05, 4.69) is 0 Å². The van der Waals surface area contributed by atoms with Crippen LogP contribution in [0, 0.1) is 5.82 Å². The van der Waals surface area contributed by atoms with Crippen molar-refractivity contribution in [1.82, 2.24) is 0 Å². The second kappa shape index (κ2) is 5.16. The smallest absolute Gasteiger partial charge is 0.335 e. The molecule has 0 saturated carbocycles. The predicted octanol–water partition coefficient (Wildman–Crippen LogP) is 3.55. The van der Waals surface area contributed by atoms with Crippen molar-refractivity contribution < 1.29 is 19.0 Å². The molecule has 0 amide bonds. The van der Waals surface area contributed by atoms with Crippen LogP contribution >= 0.6 is 11.6 Å². The zero-order chi connectivity index (χ0) is 14.0. The van der Waals surface area contributed by atoms with Crippen LogP contribution in [0.2, 0.25) is 5.02 Å². The summed E-state index contributed by atoms with van der Waals surface area (Å²) in [6.45, 7) is 0. The second-order valence-corrected chi connectivity index (χ2v) is 4.14. The quantitative estimate of drug-likeness (QED) is 0.844. The Balaban J connectivity index is 2.40. The second-order valence-electron chi connectivity index (χ2n) is 3.73. The molecule has 0 radical (unpaired) electrons. The van der Waals surface area contributed by atoms with Crippen LogP contribution in [0.4, 0.5) is 10.1 Å². The molecule has 0 aliphatic carbocycles. The molecule has 0 fully saturated rings. The monoisotopic (exact) mass is 281 g/mol. The van der Waals surface area contributed by atoms with Crippen molar-refractivity contribution in [3.05, 3.63) is 52.8 Å². The van der Waals surface area contributed by atoms with Gasteiger partial charge in [0.1, 0.15) is 11.6 Å². The Kier molecular flexibility index (Phi) is 3.57. The first-order chi connectivity index (χ1) is 8.97. The van der Waals surface area contributed by atoms with Gasteiger partial charge in [-0.05, 0) is 30.3 Å². The summed E-state index contributed by atoms with van der Waals surface area (Å²) < 4.78 is 18.4. The molecule has 0 heterocycles. The fraction of sp³-hybridized carbons (Fsp3) is 0. The van der Waals surface area contributed by atoms with Crippen LogP contribution < -0.4 is 10.5 Å². The Labute approximate surface area is 113 Å². The first-order valence-corrected chi connectivity index (χ1v) is 5.61. The van der Waals surface area contributed by atoms with Gasteiger partial charge in [0.25, 0.3) is 0 Å². The van der Waals surface area contributed by atoms with Gasteiger partial charge in [0.2, 0.25) is 0 Å². The van der Waals surface area contributed by atoms with Gasteiger partial charge in [0.05, 0.1) is 16.3 Å². The van der Waals surface area contributed by atoms with E-state index >= 15 is 0 Å². The van der Waals surface area contributed by atoms with Crippen LogP contribution in [-0.2, 0) is 0 Å². The van der Waals surface area contributed by atoms with Crippen molar-refractivity contribution in [3.8, 4) is 11.5 Å². The Bertz CT molecular complexity index is 646. The molecule has 3 N–H and O–H groups in total. The Hall–Kier alpha value is -2.27. The predicted molar refractivity (Wildman–Crippen MR) is 69.3 cm³/mol. The number of carboxylic acids is 1. The Morgan fingerprint density at radius 1 is 1.21 bits per heavy atom. The van der Waals surface area contributed by atoms with Crippen LogP contribution in [0.5, 0.6) is 11.5 Å². The highest BCUT2D eigenvalue weighted by molar-refractivity contribution is 6.32. The lowest BCUT2D eigenvalue weighted by molar-refractivity contribution is 0.0696. The molecule has 0 saturated heterocycles. The summed E-state index contributed by atoms with van der Waals surface area (Å²) in [5.41, 5.74) is 5.91. The summed E-state index contributed by atoms with van der Waals surface area (Å²) in [4.78, 5) is 10.9. The summed E-state index contributed by atoms with van der Waals surface area (Å²) in [5.74, 6) is -1.47. The van der Waals surface area contributed by atoms with Crippen LogP contribution in [0.1, 0.15) is 10.4 Å². The summed E-state index contributed by atoms with van der Waals surface area (Å²) in [7, 11) is 0. The average molecular weight is 282 g/mol. The van der Waals surface area contributed by atoms with E-state index in [4.69, 9.17) is 27.2 Å². The van der Waals surface area contributed by atoms with Crippen molar-refractivity contribution in [2.45, 2.75) is 0 Å². The van der Waals surface area contributed by atoms with Crippen molar-refractivity contribution in [2.75, 3.05) is 5.73 Å². The van der Waals surface area contributed by atoms with Gasteiger partial charge in [-0.15, -0.1) is 0 Å². The molecule has 4 nitrogen and oxygen atoms in total. The van der Waals surface area contributed by atoms with E-state index in [9.17, 15) is 9.18 Å². The maximum atomic E-state index is 13.1. The van der Waals surface area contributed by atoms with Crippen LogP contribution in [0.15, 0.2) is 36.4 Å². The van der Waals surface area contributed by atoms with Gasteiger partial charge in [-0.25, -0.2) is 9.18 Å². The van der Waals surface area contributed by atoms with E-state index in [1.807, 2.05) is 0 Å². The zero-order valence-electron chi connectivity index (χ0n) is 9.56. The van der Waals surface area contributed by atoms with Gasteiger partial charge >= 0.3 is 5.97 Å². The Morgan fingerprint density at radius 2 is 1.95 bits per heavy atom. The molecular formula is C13H9ClFNO3. The van der Waals surface area contributed by atoms with E-state index in [-0.39, 0.29) is 27.8 Å². The minimum Gasteiger partial charge on any atom is -0.478 e. The highest BCUT2D eigenvalue weighted by Crippen LogP contribution is 2.33. The maximum absolute atomic E-state index is 13.1. The number of carboxylic acid groups (broad SMARTS) is 1. The number of anilines is 1. The highest BCUT2D eigenvalue weighted by Gasteiger charge is 2.11. The molecule has 0 aliphatic heterocycles. The van der Waals surface area contributed by atoms with Crippen LogP contribution in [0.3, 0.4) is 0 Å². The molecule has 2 aromatic rings. The number of carbonyl (C=O) groups is 1. The van der Waals surface area contributed by atoms with Crippen LogP contribution in [0.25, 0.3) is 0 Å². The lowest BCUT2D eigenvalue weighted by atomic mass is 10.2. The fourth-order valence-electron chi connectivity index (χ4n) is 1.43. The van der Waals surface area contributed by atoms with E-state index in [0.29, 0.717) is 0 Å². The Morgan fingerprint density at radius 3 is 2.63 bits per heavy atom. The first kappa shape index (κ1) is 13.2. The lowest BCUT2D eigenvalue weighted by Gasteiger charge is -2.10. The number of rotatable bonds is 3. The van der Waals surface area contributed by atoms with Crippen molar-refractivity contribution in [1.29, 1.82) is 0 Å². The number of halogens is 2. The van der Waals surface area contributed by atoms with E-state index in [1.54, 1.807) is 0 Å². The molecule has 2 rings (SSSR count). The molecule has 6 heteroatoms. The van der Waals surface area contributed by atoms with Crippen molar-refractivity contribution >= 4 is 23.3 Å². The first-order valence-electron chi connectivity index (χ1n) is 5.23. The van der Waals surface area contributed by atoms with Gasteiger partial charge in [0.15, 0.2) is 5.75 Å². The number of hydrogen-bond acceptors (Lipinski definition) is 3. The van der Waals surface area contributed by atoms with Gasteiger partial charge in [-0.1, -0.05) is 11.6 Å². The van der Waals surface area contributed by atoms with Gasteiger partial charge in [-0.2, -0.15) is 0 Å². The molecule has 0 spiro atoms. The molecule has 0 atom stereocenters. The number of nitrogens with two attached hydrogens (primary N) is 1. The molecular weight excluding hydrogens is 273 g/mol. The maximum Gasteiger partial charge on any atom is 0.335 e. The normalized spacial score (nSPS) is 10.2. The molecule has 0 unspecified atom stereocenters. The molecule has 2 aromatic carbocycles. The minimum atomic E-state index is -1.12. The number of benzene rings is 2. The molecule has 98 valence electrons. The summed E-state index contributed by atoms with van der Waals surface area (Å²) >= 11 is 5.85. The zero-order valence-corrected chi connectivity index (χ0v) is 10.3. The summed E-state index contributed by atoms with van der Waals surface area (Å²) in [6, 6.07) is 7.60. The molecule has 0 aliphatic rings. The van der Waals surface area contributed by atoms with Crippen molar-refractivity contribution in [3.63, 3.8) is 0 Å². The highest BCUT2D eigenvalue weighted by atomic mass is 35.5. The topological polar surface area (TPSA) is 72.6 Å². The fourth-order valence-corrected chi connectivity index (χ4v) is 1.59. The number of nitrogen functional groups attached to an aromatic ring is 1. The van der Waals surface area contributed by atoms with E-state index < -0.39 is 11.8 Å². The standard InChI is InChI=1S/C13H9ClFNO3/c14-9-3-2-8(15)6-11(9)19-12-5-7(13(17)18)1-4-10(12)16/h1-6H,16H2,(H,17,18). The van der Waals surface area contributed by atoms with E-state index in [1.165, 1.54) is 30.3 Å². The summed E-state index contributed by atoms with van der Waals surface area (Å²) in [5, 5.41) is 9.08. The third-order valence-electron chi connectivity index (χ3n) is 2.37. The minimum absolute atomic E-state index is 0.0109. The number of hydrogen-bond donors (Lipinski definition) is 2. The average Bonchev–Trinajstić information content (AvgIpc) is 2.36. The third-order valence-corrected chi connectivity index (χ3v) is 2.69. The van der Waals surface area contributed by atoms with Gasteiger partial charge in [-0.3, -0.25) is 0 Å². The van der Waals surface area contributed by atoms with Gasteiger partial charge < -0.3 is 15.6 Å². The third kappa shape index (κ3) is 2.95. The van der Waals surface area contributed by atoms with Crippen molar-refractivity contribution in [2.24, 2.45) is 0 Å². The van der Waals surface area contributed by atoms with Gasteiger partial charge in [0, 0.05) is 6.07 Å². The summed E-state index contributed by atoms with van der Waals surface area (Å²) in [6.07, 6.45) is 0. The number of ether oxygens (including phenoxy) is 1. The molecule has 0 aromatic heterocycles. The van der Waals surface area contributed by atoms with E-state index in [0.717, 1.165) is 6.07 Å². The SMILES string of the molecule is Nc1ccc(C(=O)O)cc1Oc1cc(F)ccc1Cl.